The Morgan fingerprint density at radius 2 is 2.07 bits per heavy atom. The average Bonchev–Trinajstić information content (AvgIpc) is 3.31. The number of rotatable bonds is 6. The van der Waals surface area contributed by atoms with E-state index in [-0.39, 0.29) is 23.7 Å². The van der Waals surface area contributed by atoms with Crippen molar-refractivity contribution in [2.24, 2.45) is 11.1 Å². The zero-order valence-corrected chi connectivity index (χ0v) is 16.5. The standard InChI is InChI=1S/C20H27N5O.ClH/c1-20(13-21)9-10-24(14-20)12-19(26)22-18-11-17(15-7-8-15)23-25(18)16-5-3-2-4-6-16;/h2-6,11,15H,7-10,12-14,21H2,1H3,(H,22,26);1H. The van der Waals surface area contributed by atoms with Gasteiger partial charge < -0.3 is 11.1 Å². The molecule has 2 heterocycles. The van der Waals surface area contributed by atoms with Gasteiger partial charge >= 0.3 is 0 Å². The van der Waals surface area contributed by atoms with Crippen molar-refractivity contribution < 1.29 is 4.79 Å². The Balaban J connectivity index is 0.00000210. The summed E-state index contributed by atoms with van der Waals surface area (Å²) in [6.45, 7) is 5.05. The summed E-state index contributed by atoms with van der Waals surface area (Å²) < 4.78 is 1.85. The Bertz CT molecular complexity index is 789. The molecule has 1 aliphatic carbocycles. The predicted octanol–water partition coefficient (Wildman–Crippen LogP) is 2.78. The lowest BCUT2D eigenvalue weighted by Gasteiger charge is -2.22. The van der Waals surface area contributed by atoms with Gasteiger partial charge in [-0.2, -0.15) is 5.10 Å². The highest BCUT2D eigenvalue weighted by Gasteiger charge is 2.33. The summed E-state index contributed by atoms with van der Waals surface area (Å²) in [5.41, 5.74) is 8.03. The summed E-state index contributed by atoms with van der Waals surface area (Å²) in [7, 11) is 0. The summed E-state index contributed by atoms with van der Waals surface area (Å²) in [4.78, 5) is 14.8. The van der Waals surface area contributed by atoms with Crippen molar-refractivity contribution in [3.05, 3.63) is 42.1 Å². The minimum Gasteiger partial charge on any atom is -0.330 e. The highest BCUT2D eigenvalue weighted by molar-refractivity contribution is 5.91. The molecular weight excluding hydrogens is 362 g/mol. The summed E-state index contributed by atoms with van der Waals surface area (Å²) in [5.74, 6) is 1.30. The monoisotopic (exact) mass is 389 g/mol. The van der Waals surface area contributed by atoms with E-state index in [2.05, 4.69) is 17.1 Å². The van der Waals surface area contributed by atoms with Gasteiger partial charge in [0.1, 0.15) is 5.82 Å². The number of para-hydroxylation sites is 1. The van der Waals surface area contributed by atoms with Crippen LogP contribution >= 0.6 is 12.4 Å². The topological polar surface area (TPSA) is 76.2 Å². The molecule has 1 saturated carbocycles. The second kappa shape index (κ2) is 8.00. The van der Waals surface area contributed by atoms with Crippen molar-refractivity contribution in [2.75, 3.05) is 31.5 Å². The molecule has 2 fully saturated rings. The highest BCUT2D eigenvalue weighted by Crippen LogP contribution is 2.40. The predicted molar refractivity (Wildman–Crippen MR) is 110 cm³/mol. The number of nitrogens with one attached hydrogen (secondary N) is 1. The fraction of sp³-hybridized carbons (Fsp3) is 0.500. The Hall–Kier alpha value is -1.89. The van der Waals surface area contributed by atoms with Crippen LogP contribution in [0.4, 0.5) is 5.82 Å². The van der Waals surface area contributed by atoms with Crippen molar-refractivity contribution in [1.29, 1.82) is 0 Å². The molecule has 1 aromatic carbocycles. The van der Waals surface area contributed by atoms with Crippen molar-refractivity contribution in [3.63, 3.8) is 0 Å². The first-order valence-electron chi connectivity index (χ1n) is 9.44. The van der Waals surface area contributed by atoms with Crippen LogP contribution in [0.15, 0.2) is 36.4 Å². The second-order valence-electron chi connectivity index (χ2n) is 8.00. The third-order valence-corrected chi connectivity index (χ3v) is 5.49. The number of nitrogens with two attached hydrogens (primary N) is 1. The van der Waals surface area contributed by atoms with Crippen molar-refractivity contribution >= 4 is 24.1 Å². The van der Waals surface area contributed by atoms with Gasteiger partial charge in [-0.15, -0.1) is 12.4 Å². The molecule has 2 aromatic rings. The average molecular weight is 390 g/mol. The van der Waals surface area contributed by atoms with Gasteiger partial charge in [0, 0.05) is 18.5 Å². The van der Waals surface area contributed by atoms with Crippen LogP contribution in [0.5, 0.6) is 0 Å². The number of anilines is 1. The number of amides is 1. The SMILES string of the molecule is CC1(CN)CCN(CC(=O)Nc2cc(C3CC3)nn2-c2ccccc2)C1.Cl. The largest absolute Gasteiger partial charge is 0.330 e. The maximum absolute atomic E-state index is 12.6. The van der Waals surface area contributed by atoms with Gasteiger partial charge in [-0.25, -0.2) is 4.68 Å². The lowest BCUT2D eigenvalue weighted by Crippen LogP contribution is -2.35. The van der Waals surface area contributed by atoms with E-state index < -0.39 is 0 Å². The lowest BCUT2D eigenvalue weighted by molar-refractivity contribution is -0.117. The number of halogens is 1. The fourth-order valence-corrected chi connectivity index (χ4v) is 3.65. The molecule has 27 heavy (non-hydrogen) atoms. The molecule has 0 spiro atoms. The van der Waals surface area contributed by atoms with Crippen molar-refractivity contribution in [1.82, 2.24) is 14.7 Å². The summed E-state index contributed by atoms with van der Waals surface area (Å²) in [6.07, 6.45) is 3.42. The van der Waals surface area contributed by atoms with E-state index in [4.69, 9.17) is 10.8 Å². The maximum atomic E-state index is 12.6. The summed E-state index contributed by atoms with van der Waals surface area (Å²) in [6, 6.07) is 12.0. The minimum atomic E-state index is 0. The molecule has 1 aliphatic heterocycles. The summed E-state index contributed by atoms with van der Waals surface area (Å²) in [5, 5.41) is 7.81. The van der Waals surface area contributed by atoms with Crippen molar-refractivity contribution in [2.45, 2.75) is 32.1 Å². The van der Waals surface area contributed by atoms with E-state index in [1.807, 2.05) is 41.1 Å². The molecule has 1 aromatic heterocycles. The molecule has 1 atom stereocenters. The Labute approximate surface area is 166 Å². The van der Waals surface area contributed by atoms with E-state index in [0.717, 1.165) is 36.7 Å². The Morgan fingerprint density at radius 3 is 2.70 bits per heavy atom. The van der Waals surface area contributed by atoms with E-state index in [9.17, 15) is 4.79 Å². The zero-order chi connectivity index (χ0) is 18.1. The third-order valence-electron chi connectivity index (χ3n) is 5.49. The van der Waals surface area contributed by atoms with Crippen LogP contribution in [0.1, 0.15) is 37.8 Å². The molecule has 0 bridgehead atoms. The van der Waals surface area contributed by atoms with Crippen LogP contribution in [-0.4, -0.2) is 46.8 Å². The molecule has 1 unspecified atom stereocenters. The number of carbonyl (C=O) groups excluding carboxylic acids is 1. The lowest BCUT2D eigenvalue weighted by atomic mass is 9.90. The van der Waals surface area contributed by atoms with Crippen LogP contribution in [0.25, 0.3) is 5.69 Å². The first-order valence-corrected chi connectivity index (χ1v) is 9.44. The van der Waals surface area contributed by atoms with Gasteiger partial charge in [0.05, 0.1) is 17.9 Å². The first kappa shape index (κ1) is 19.9. The molecule has 7 heteroatoms. The van der Waals surface area contributed by atoms with E-state index in [1.54, 1.807) is 0 Å². The van der Waals surface area contributed by atoms with E-state index in [0.29, 0.717) is 19.0 Å². The van der Waals surface area contributed by atoms with Gasteiger partial charge in [0.2, 0.25) is 5.91 Å². The molecule has 146 valence electrons. The smallest absolute Gasteiger partial charge is 0.239 e. The molecule has 1 saturated heterocycles. The van der Waals surface area contributed by atoms with Gasteiger partial charge in [0.25, 0.3) is 0 Å². The molecule has 6 nitrogen and oxygen atoms in total. The van der Waals surface area contributed by atoms with Gasteiger partial charge in [-0.3, -0.25) is 9.69 Å². The van der Waals surface area contributed by atoms with Crippen LogP contribution < -0.4 is 11.1 Å². The molecule has 4 rings (SSSR count). The molecule has 1 amide bonds. The second-order valence-corrected chi connectivity index (χ2v) is 8.00. The fourth-order valence-electron chi connectivity index (χ4n) is 3.65. The first-order chi connectivity index (χ1) is 12.6. The Kier molecular flexibility index (Phi) is 5.89. The number of aromatic nitrogens is 2. The number of nitrogens with zero attached hydrogens (tertiary/aromatic N) is 3. The molecular formula is C20H28ClN5O. The quantitative estimate of drug-likeness (QED) is 0.796. The maximum Gasteiger partial charge on any atom is 0.239 e. The zero-order valence-electron chi connectivity index (χ0n) is 15.7. The normalized spacial score (nSPS) is 22.4. The van der Waals surface area contributed by atoms with Crippen LogP contribution in [0, 0.1) is 5.41 Å². The van der Waals surface area contributed by atoms with Crippen LogP contribution in [0.2, 0.25) is 0 Å². The third kappa shape index (κ3) is 4.51. The minimum absolute atomic E-state index is 0. The van der Waals surface area contributed by atoms with Gasteiger partial charge in [0.15, 0.2) is 0 Å². The number of likely N-dealkylation sites (tertiary alicyclic amines) is 1. The molecule has 0 radical (unpaired) electrons. The number of hydrogen-bond donors (Lipinski definition) is 2. The number of hydrogen-bond acceptors (Lipinski definition) is 4. The van der Waals surface area contributed by atoms with Gasteiger partial charge in [-0.05, 0) is 49.9 Å². The van der Waals surface area contributed by atoms with Crippen molar-refractivity contribution in [3.8, 4) is 5.69 Å². The van der Waals surface area contributed by atoms with E-state index >= 15 is 0 Å². The van der Waals surface area contributed by atoms with Crippen LogP contribution in [-0.2, 0) is 4.79 Å². The highest BCUT2D eigenvalue weighted by atomic mass is 35.5. The van der Waals surface area contributed by atoms with Gasteiger partial charge in [-0.1, -0.05) is 25.1 Å². The molecule has 2 aliphatic rings. The Morgan fingerprint density at radius 1 is 1.33 bits per heavy atom. The molecule has 3 N–H and O–H groups in total. The van der Waals surface area contributed by atoms with E-state index in [1.165, 1.54) is 12.8 Å². The van der Waals surface area contributed by atoms with Crippen LogP contribution in [0.3, 0.4) is 0 Å². The summed E-state index contributed by atoms with van der Waals surface area (Å²) >= 11 is 0. The number of benzene rings is 1. The number of carbonyl (C=O) groups is 1.